The minimum absolute atomic E-state index is 0.701. The van der Waals surface area contributed by atoms with Crippen LogP contribution in [0.15, 0.2) is 164 Å². The normalized spacial score (nSPS) is 11.8. The highest BCUT2D eigenvalue weighted by atomic mass is 15.1. The summed E-state index contributed by atoms with van der Waals surface area (Å²) in [5, 5.41) is 4.74. The van der Waals surface area contributed by atoms with E-state index in [1.54, 1.807) is 0 Å². The lowest BCUT2D eigenvalue weighted by Crippen LogP contribution is -2.01. The monoisotopic (exact) mass is 613 g/mol. The van der Waals surface area contributed by atoms with Gasteiger partial charge in [-0.2, -0.15) is 0 Å². The number of benzene rings is 6. The van der Waals surface area contributed by atoms with Crippen LogP contribution in [0.1, 0.15) is 0 Å². The zero-order valence-electron chi connectivity index (χ0n) is 25.8. The van der Waals surface area contributed by atoms with Crippen molar-refractivity contribution in [2.24, 2.45) is 0 Å². The number of aromatic nitrogens is 5. The van der Waals surface area contributed by atoms with Crippen LogP contribution < -0.4 is 0 Å². The van der Waals surface area contributed by atoms with E-state index in [2.05, 4.69) is 136 Å². The number of fused-ring (bicyclic) bond motifs is 10. The summed E-state index contributed by atoms with van der Waals surface area (Å²) in [5.41, 5.74) is 11.1. The molecule has 0 atom stereocenters. The van der Waals surface area contributed by atoms with Gasteiger partial charge in [-0.1, -0.05) is 127 Å². The maximum atomic E-state index is 5.17. The number of imidazole rings is 1. The van der Waals surface area contributed by atoms with Crippen LogP contribution in [0.2, 0.25) is 0 Å². The van der Waals surface area contributed by atoms with Gasteiger partial charge in [-0.3, -0.25) is 8.97 Å². The van der Waals surface area contributed by atoms with Gasteiger partial charge in [0.15, 0.2) is 5.82 Å². The Hall–Kier alpha value is -6.59. The van der Waals surface area contributed by atoms with Gasteiger partial charge in [-0.05, 0) is 41.8 Å². The van der Waals surface area contributed by atoms with Crippen LogP contribution in [0.4, 0.5) is 0 Å². The van der Waals surface area contributed by atoms with Crippen LogP contribution in [0.25, 0.3) is 89.0 Å². The molecule has 5 heteroatoms. The molecule has 0 unspecified atom stereocenters. The van der Waals surface area contributed by atoms with E-state index >= 15 is 0 Å². The fourth-order valence-electron chi connectivity index (χ4n) is 7.15. The molecule has 0 amide bonds. The largest absolute Gasteiger partial charge is 0.295 e. The molecule has 0 spiro atoms. The number of nitrogens with zero attached hydrogens (tertiary/aromatic N) is 5. The summed E-state index contributed by atoms with van der Waals surface area (Å²) in [7, 11) is 0. The predicted molar refractivity (Wildman–Crippen MR) is 196 cm³/mol. The van der Waals surface area contributed by atoms with E-state index in [1.165, 1.54) is 16.2 Å². The highest BCUT2D eigenvalue weighted by Crippen LogP contribution is 2.40. The molecule has 4 heterocycles. The summed E-state index contributed by atoms with van der Waals surface area (Å²) in [6.07, 6.45) is 0. The number of hydrogen-bond donors (Lipinski definition) is 0. The first kappa shape index (κ1) is 26.6. The Labute approximate surface area is 276 Å². The lowest BCUT2D eigenvalue weighted by Gasteiger charge is -2.13. The smallest absolute Gasteiger partial charge is 0.160 e. The van der Waals surface area contributed by atoms with Crippen molar-refractivity contribution in [3.05, 3.63) is 164 Å². The van der Waals surface area contributed by atoms with E-state index in [9.17, 15) is 0 Å². The molecule has 0 bridgehead atoms. The van der Waals surface area contributed by atoms with Gasteiger partial charge in [0.2, 0.25) is 0 Å². The highest BCUT2D eigenvalue weighted by molar-refractivity contribution is 6.23. The van der Waals surface area contributed by atoms with E-state index in [0.29, 0.717) is 5.82 Å². The predicted octanol–water partition coefficient (Wildman–Crippen LogP) is 10.5. The molecule has 0 N–H and O–H groups in total. The van der Waals surface area contributed by atoms with Gasteiger partial charge in [0.25, 0.3) is 0 Å². The van der Waals surface area contributed by atoms with Crippen molar-refractivity contribution in [1.82, 2.24) is 23.9 Å². The Bertz CT molecular complexity index is 2770. The molecule has 0 aliphatic rings. The molecular formula is C43H27N5. The van der Waals surface area contributed by atoms with Crippen LogP contribution in [-0.4, -0.2) is 23.9 Å². The van der Waals surface area contributed by atoms with E-state index < -0.39 is 0 Å². The third-order valence-corrected chi connectivity index (χ3v) is 9.29. The zero-order valence-corrected chi connectivity index (χ0v) is 25.8. The third-order valence-electron chi connectivity index (χ3n) is 9.29. The first-order chi connectivity index (χ1) is 23.8. The molecule has 0 saturated heterocycles. The first-order valence-corrected chi connectivity index (χ1v) is 16.1. The van der Waals surface area contributed by atoms with Gasteiger partial charge in [0.05, 0.1) is 27.9 Å². The van der Waals surface area contributed by atoms with Crippen molar-refractivity contribution < 1.29 is 0 Å². The lowest BCUT2D eigenvalue weighted by molar-refractivity contribution is 1.11. The summed E-state index contributed by atoms with van der Waals surface area (Å²) in [6.45, 7) is 0. The summed E-state index contributed by atoms with van der Waals surface area (Å²) in [5.74, 6) is 0.701. The van der Waals surface area contributed by atoms with Crippen LogP contribution in [0, 0.1) is 0 Å². The number of rotatable bonds is 4. The molecule has 0 radical (unpaired) electrons. The van der Waals surface area contributed by atoms with E-state index in [4.69, 9.17) is 15.0 Å². The number of para-hydroxylation sites is 3. The van der Waals surface area contributed by atoms with Gasteiger partial charge in [-0.15, -0.1) is 0 Å². The van der Waals surface area contributed by atoms with Crippen molar-refractivity contribution in [2.75, 3.05) is 0 Å². The fraction of sp³-hybridized carbons (Fsp3) is 0. The molecule has 0 fully saturated rings. The molecule has 10 aromatic rings. The average molecular weight is 614 g/mol. The van der Waals surface area contributed by atoms with Crippen molar-refractivity contribution in [1.29, 1.82) is 0 Å². The molecular weight excluding hydrogens is 587 g/mol. The van der Waals surface area contributed by atoms with Gasteiger partial charge in [0.1, 0.15) is 11.3 Å². The van der Waals surface area contributed by atoms with Crippen LogP contribution in [0.3, 0.4) is 0 Å². The minimum atomic E-state index is 0.701. The van der Waals surface area contributed by atoms with Crippen molar-refractivity contribution in [3.63, 3.8) is 0 Å². The molecule has 224 valence electrons. The number of hydrogen-bond acceptors (Lipinski definition) is 3. The standard InChI is InChI=1S/C43H27N5/c1-3-14-28(15-4-1)36-27-37(45-41(44-36)29-16-5-2-6-17-29)30-18-13-19-31(26-30)47-38-24-11-9-22-34(38)40-32-20-7-8-21-33(32)42-46-35-23-10-12-25-39(35)48(42)43(40)47/h1-27H. The van der Waals surface area contributed by atoms with Crippen molar-refractivity contribution >= 4 is 49.4 Å². The third kappa shape index (κ3) is 4.01. The summed E-state index contributed by atoms with van der Waals surface area (Å²) >= 11 is 0. The Morgan fingerprint density at radius 3 is 1.81 bits per heavy atom. The fourth-order valence-corrected chi connectivity index (χ4v) is 7.15. The average Bonchev–Trinajstić information content (AvgIpc) is 3.72. The molecule has 48 heavy (non-hydrogen) atoms. The van der Waals surface area contributed by atoms with Crippen molar-refractivity contribution in [2.45, 2.75) is 0 Å². The molecule has 0 saturated carbocycles. The van der Waals surface area contributed by atoms with E-state index in [-0.39, 0.29) is 0 Å². The van der Waals surface area contributed by atoms with Gasteiger partial charge in [-0.25, -0.2) is 15.0 Å². The first-order valence-electron chi connectivity index (χ1n) is 16.1. The molecule has 0 aliphatic carbocycles. The second-order valence-electron chi connectivity index (χ2n) is 12.1. The Balaban J connectivity index is 1.28. The maximum absolute atomic E-state index is 5.17. The van der Waals surface area contributed by atoms with Gasteiger partial charge >= 0.3 is 0 Å². The van der Waals surface area contributed by atoms with E-state index in [1.807, 2.05) is 36.4 Å². The molecule has 6 aromatic carbocycles. The molecule has 0 aliphatic heterocycles. The van der Waals surface area contributed by atoms with Crippen LogP contribution in [0.5, 0.6) is 0 Å². The molecule has 5 nitrogen and oxygen atoms in total. The molecule has 4 aromatic heterocycles. The second-order valence-corrected chi connectivity index (χ2v) is 12.1. The second kappa shape index (κ2) is 10.5. The highest BCUT2D eigenvalue weighted by Gasteiger charge is 2.22. The Morgan fingerprint density at radius 1 is 0.417 bits per heavy atom. The summed E-state index contributed by atoms with van der Waals surface area (Å²) < 4.78 is 4.73. The zero-order chi connectivity index (χ0) is 31.6. The Morgan fingerprint density at radius 2 is 1.02 bits per heavy atom. The van der Waals surface area contributed by atoms with E-state index in [0.717, 1.165) is 67.0 Å². The SMILES string of the molecule is c1ccc(-c2cc(-c3cccc(-n4c5ccccc5c5c6ccccc6c6nc7ccccc7n6c54)c3)nc(-c3ccccc3)n2)cc1. The number of pyridine rings is 1. The Kier molecular flexibility index (Phi) is 5.81. The topological polar surface area (TPSA) is 48.0 Å². The summed E-state index contributed by atoms with van der Waals surface area (Å²) in [4.78, 5) is 15.3. The lowest BCUT2D eigenvalue weighted by atomic mass is 10.1. The van der Waals surface area contributed by atoms with Gasteiger partial charge in [0, 0.05) is 38.5 Å². The van der Waals surface area contributed by atoms with Gasteiger partial charge < -0.3 is 0 Å². The van der Waals surface area contributed by atoms with Crippen molar-refractivity contribution in [3.8, 4) is 39.6 Å². The molecule has 10 rings (SSSR count). The minimum Gasteiger partial charge on any atom is -0.295 e. The quantitative estimate of drug-likeness (QED) is 0.198. The van der Waals surface area contributed by atoms with Crippen LogP contribution in [-0.2, 0) is 0 Å². The van der Waals surface area contributed by atoms with Crippen LogP contribution >= 0.6 is 0 Å². The maximum Gasteiger partial charge on any atom is 0.160 e. The summed E-state index contributed by atoms with van der Waals surface area (Å²) in [6, 6.07) is 57.1.